The molecule has 12 heteroatoms. The molecule has 2 aliphatic rings. The number of nitrogens with one attached hydrogen (secondary N) is 2. The number of ketones is 1. The number of methoxy groups -OCH3 is 2. The Morgan fingerprint density at radius 2 is 1.45 bits per heavy atom. The molecule has 4 aromatic rings. The highest BCUT2D eigenvalue weighted by molar-refractivity contribution is 6.39. The molecular formula is C37H40Cl2N6O4. The highest BCUT2D eigenvalue weighted by Crippen LogP contribution is 2.42. The Hall–Kier alpha value is -4.12. The van der Waals surface area contributed by atoms with Gasteiger partial charge in [-0.25, -0.2) is 9.97 Å². The predicted molar refractivity (Wildman–Crippen MR) is 190 cm³/mol. The summed E-state index contributed by atoms with van der Waals surface area (Å²) in [5.41, 5.74) is 5.43. The largest absolute Gasteiger partial charge is 0.480 e. The fourth-order valence-electron chi connectivity index (χ4n) is 6.65. The predicted octanol–water partition coefficient (Wildman–Crippen LogP) is 7.04. The fraction of sp³-hybridized carbons (Fsp3) is 0.405. The second-order valence-electron chi connectivity index (χ2n) is 12.7. The molecule has 256 valence electrons. The van der Waals surface area contributed by atoms with Gasteiger partial charge in [0.1, 0.15) is 17.2 Å². The topological polar surface area (TPSA) is 128 Å². The Morgan fingerprint density at radius 3 is 2.00 bits per heavy atom. The van der Waals surface area contributed by atoms with Gasteiger partial charge >= 0.3 is 0 Å². The monoisotopic (exact) mass is 702 g/mol. The number of halogens is 2. The van der Waals surface area contributed by atoms with Crippen molar-refractivity contribution in [1.29, 1.82) is 0 Å². The van der Waals surface area contributed by atoms with Crippen molar-refractivity contribution in [2.75, 3.05) is 14.2 Å². The molecule has 2 aromatic heterocycles. The number of nitrogens with zero attached hydrogens (tertiary/aromatic N) is 4. The van der Waals surface area contributed by atoms with Gasteiger partial charge in [-0.2, -0.15) is 0 Å². The van der Waals surface area contributed by atoms with Crippen LogP contribution in [0, 0.1) is 5.92 Å². The van der Waals surface area contributed by atoms with Crippen molar-refractivity contribution in [3.8, 4) is 45.4 Å². The van der Waals surface area contributed by atoms with Crippen LogP contribution in [0.2, 0.25) is 10.0 Å². The van der Waals surface area contributed by atoms with Gasteiger partial charge in [0.2, 0.25) is 17.7 Å². The number of aryl methyl sites for hydroxylation is 1. The number of hydrogen-bond donors (Lipinski definition) is 2. The van der Waals surface area contributed by atoms with E-state index in [1.54, 1.807) is 26.6 Å². The van der Waals surface area contributed by atoms with Gasteiger partial charge < -0.3 is 20.1 Å². The lowest BCUT2D eigenvalue weighted by atomic mass is 9.98. The molecule has 10 nitrogen and oxygen atoms in total. The number of hydrogen-bond acceptors (Lipinski definition) is 9. The zero-order chi connectivity index (χ0) is 34.5. The fourth-order valence-corrected chi connectivity index (χ4v) is 7.30. The SMILES string of the molecule is COc1nc(-c2cccc(-c3cccc(-c4cnc(CN[C@@H](C)[C@H]5CCC(=O)C5)c(OC)n4)c3Cl)c2Cl)cnc1CCC[C@@H]1CCC(=O)N1. The molecule has 0 spiro atoms. The lowest BCUT2D eigenvalue weighted by molar-refractivity contribution is -0.119. The molecule has 1 saturated heterocycles. The van der Waals surface area contributed by atoms with Gasteiger partial charge in [0, 0.05) is 60.1 Å². The number of rotatable bonds is 13. The van der Waals surface area contributed by atoms with E-state index < -0.39 is 0 Å². The third kappa shape index (κ3) is 7.87. The van der Waals surface area contributed by atoms with E-state index in [1.165, 1.54) is 0 Å². The van der Waals surface area contributed by atoms with Crippen LogP contribution in [0.15, 0.2) is 48.8 Å². The summed E-state index contributed by atoms with van der Waals surface area (Å²) in [5.74, 6) is 1.63. The van der Waals surface area contributed by atoms with Crippen LogP contribution in [-0.2, 0) is 22.6 Å². The van der Waals surface area contributed by atoms with Crippen LogP contribution in [0.5, 0.6) is 11.8 Å². The number of amides is 1. The third-order valence-electron chi connectivity index (χ3n) is 9.48. The molecule has 0 unspecified atom stereocenters. The van der Waals surface area contributed by atoms with Crippen LogP contribution in [0.4, 0.5) is 0 Å². The van der Waals surface area contributed by atoms with Crippen molar-refractivity contribution >= 4 is 34.9 Å². The molecule has 2 aromatic carbocycles. The van der Waals surface area contributed by atoms with Crippen molar-refractivity contribution in [2.45, 2.75) is 76.9 Å². The number of carbonyl (C=O) groups is 2. The Kier molecular flexibility index (Phi) is 11.1. The smallest absolute Gasteiger partial charge is 0.237 e. The second kappa shape index (κ2) is 15.6. The number of benzene rings is 2. The number of aromatic nitrogens is 4. The van der Waals surface area contributed by atoms with E-state index in [-0.39, 0.29) is 18.0 Å². The molecule has 49 heavy (non-hydrogen) atoms. The van der Waals surface area contributed by atoms with Crippen LogP contribution in [0.25, 0.3) is 33.6 Å². The van der Waals surface area contributed by atoms with Crippen LogP contribution < -0.4 is 20.1 Å². The number of Topliss-reactive ketones (excluding diaryl/α,β-unsaturated/α-hetero) is 1. The molecule has 1 amide bonds. The maximum absolute atomic E-state index is 11.7. The molecule has 0 radical (unpaired) electrons. The quantitative estimate of drug-likeness (QED) is 0.151. The van der Waals surface area contributed by atoms with Gasteiger partial charge in [-0.1, -0.05) is 59.6 Å². The zero-order valence-electron chi connectivity index (χ0n) is 27.9. The average Bonchev–Trinajstić information content (AvgIpc) is 3.75. The summed E-state index contributed by atoms with van der Waals surface area (Å²) in [6.45, 7) is 2.57. The summed E-state index contributed by atoms with van der Waals surface area (Å²) in [6.07, 6.45) is 9.50. The molecule has 0 bridgehead atoms. The Morgan fingerprint density at radius 1 is 0.857 bits per heavy atom. The molecular weight excluding hydrogens is 663 g/mol. The van der Waals surface area contributed by atoms with Crippen LogP contribution in [0.3, 0.4) is 0 Å². The van der Waals surface area contributed by atoms with Crippen molar-refractivity contribution in [1.82, 2.24) is 30.6 Å². The van der Waals surface area contributed by atoms with Crippen LogP contribution in [0.1, 0.15) is 63.3 Å². The van der Waals surface area contributed by atoms with E-state index in [2.05, 4.69) is 27.5 Å². The minimum Gasteiger partial charge on any atom is -0.480 e. The zero-order valence-corrected chi connectivity index (χ0v) is 29.4. The van der Waals surface area contributed by atoms with E-state index in [0.29, 0.717) is 93.9 Å². The highest BCUT2D eigenvalue weighted by Gasteiger charge is 2.27. The molecule has 1 aliphatic heterocycles. The van der Waals surface area contributed by atoms with Crippen molar-refractivity contribution in [2.24, 2.45) is 5.92 Å². The molecule has 2 N–H and O–H groups in total. The Balaban J connectivity index is 1.21. The lowest BCUT2D eigenvalue weighted by Crippen LogP contribution is -2.32. The lowest BCUT2D eigenvalue weighted by Gasteiger charge is -2.20. The molecule has 3 atom stereocenters. The minimum absolute atomic E-state index is 0.121. The molecule has 3 heterocycles. The summed E-state index contributed by atoms with van der Waals surface area (Å²) in [7, 11) is 3.15. The van der Waals surface area contributed by atoms with Gasteiger partial charge in [-0.05, 0) is 44.9 Å². The van der Waals surface area contributed by atoms with E-state index in [1.807, 2.05) is 36.4 Å². The first-order valence-electron chi connectivity index (χ1n) is 16.7. The van der Waals surface area contributed by atoms with E-state index >= 15 is 0 Å². The molecule has 1 aliphatic carbocycles. The summed E-state index contributed by atoms with van der Waals surface area (Å²) in [4.78, 5) is 42.1. The first-order valence-corrected chi connectivity index (χ1v) is 17.4. The first kappa shape index (κ1) is 34.7. The van der Waals surface area contributed by atoms with E-state index in [4.69, 9.17) is 42.6 Å². The van der Waals surface area contributed by atoms with Gasteiger partial charge in [0.15, 0.2) is 0 Å². The van der Waals surface area contributed by atoms with Gasteiger partial charge in [0.05, 0.1) is 48.0 Å². The van der Waals surface area contributed by atoms with Crippen LogP contribution >= 0.6 is 23.2 Å². The number of ether oxygens (including phenoxy) is 2. The van der Waals surface area contributed by atoms with Crippen LogP contribution in [-0.4, -0.2) is 57.9 Å². The maximum atomic E-state index is 11.7. The summed E-state index contributed by atoms with van der Waals surface area (Å²) in [5, 5.41) is 7.45. The maximum Gasteiger partial charge on any atom is 0.237 e. The second-order valence-corrected chi connectivity index (χ2v) is 13.4. The van der Waals surface area contributed by atoms with Crippen molar-refractivity contribution in [3.63, 3.8) is 0 Å². The molecule has 6 rings (SSSR count). The normalized spacial score (nSPS) is 18.1. The minimum atomic E-state index is 0.121. The van der Waals surface area contributed by atoms with Gasteiger partial charge in [0.25, 0.3) is 0 Å². The molecule has 1 saturated carbocycles. The summed E-state index contributed by atoms with van der Waals surface area (Å²) < 4.78 is 11.2. The summed E-state index contributed by atoms with van der Waals surface area (Å²) in [6, 6.07) is 11.8. The van der Waals surface area contributed by atoms with Gasteiger partial charge in [-0.15, -0.1) is 0 Å². The van der Waals surface area contributed by atoms with Gasteiger partial charge in [-0.3, -0.25) is 19.6 Å². The van der Waals surface area contributed by atoms with Crippen molar-refractivity contribution in [3.05, 3.63) is 70.2 Å². The standard InChI is InChI=1S/C37H40Cl2N6O4/c1-21(22-13-15-24(46)17-22)40-20-32-37(49-3)45-31(19-42-32)28-11-6-9-26(35(28)39)25-8-5-10-27(34(25)38)30-18-41-29(36(44-30)48-2)12-4-7-23-14-16-33(47)43-23/h5-6,8-11,18-19,21-23,40H,4,7,12-17,20H2,1-3H3,(H,43,47)/t21-,22-,23+/m0/s1. The van der Waals surface area contributed by atoms with E-state index in [9.17, 15) is 9.59 Å². The molecule has 2 fully saturated rings. The summed E-state index contributed by atoms with van der Waals surface area (Å²) >= 11 is 14.1. The highest BCUT2D eigenvalue weighted by atomic mass is 35.5. The average molecular weight is 704 g/mol. The van der Waals surface area contributed by atoms with Crippen molar-refractivity contribution < 1.29 is 19.1 Å². The third-order valence-corrected chi connectivity index (χ3v) is 10.3. The Bertz CT molecular complexity index is 1850. The first-order chi connectivity index (χ1) is 23.7. The Labute approximate surface area is 296 Å². The van der Waals surface area contributed by atoms with E-state index in [0.717, 1.165) is 42.5 Å². The number of carbonyl (C=O) groups excluding carboxylic acids is 2.